The van der Waals surface area contributed by atoms with Crippen molar-refractivity contribution in [3.05, 3.63) is 0 Å². The zero-order valence-corrected chi connectivity index (χ0v) is 11.5. The number of nitrogens with one attached hydrogen (secondary N) is 1. The lowest BCUT2D eigenvalue weighted by Crippen LogP contribution is -2.54. The highest BCUT2D eigenvalue weighted by Gasteiger charge is 2.42. The van der Waals surface area contributed by atoms with Crippen LogP contribution < -0.4 is 11.1 Å². The largest absolute Gasteiger partial charge is 0.349 e. The Bertz CT molecular complexity index is 262. The normalized spacial score (nSPS) is 24.6. The molecule has 0 saturated heterocycles. The molecule has 17 heavy (non-hydrogen) atoms. The van der Waals surface area contributed by atoms with Gasteiger partial charge in [0.15, 0.2) is 0 Å². The van der Waals surface area contributed by atoms with Crippen LogP contribution in [0.15, 0.2) is 0 Å². The maximum absolute atomic E-state index is 12.1. The molecule has 0 aromatic rings. The fourth-order valence-corrected chi connectivity index (χ4v) is 2.79. The minimum atomic E-state index is -0.144. The summed E-state index contributed by atoms with van der Waals surface area (Å²) in [7, 11) is 0. The summed E-state index contributed by atoms with van der Waals surface area (Å²) < 4.78 is 0. The molecule has 0 radical (unpaired) electrons. The molecule has 0 bridgehead atoms. The van der Waals surface area contributed by atoms with Gasteiger partial charge in [0.05, 0.1) is 5.54 Å². The second-order valence-electron chi connectivity index (χ2n) is 5.72. The van der Waals surface area contributed by atoms with Crippen LogP contribution in [0, 0.1) is 11.8 Å². The molecular formula is C13H25ClN2O. The predicted octanol–water partition coefficient (Wildman–Crippen LogP) is 2.23. The first kappa shape index (κ1) is 14.8. The molecule has 2 saturated carbocycles. The summed E-state index contributed by atoms with van der Waals surface area (Å²) in [6.45, 7) is 2.67. The Kier molecular flexibility index (Phi) is 5.26. The van der Waals surface area contributed by atoms with Crippen LogP contribution in [0.25, 0.3) is 0 Å². The summed E-state index contributed by atoms with van der Waals surface area (Å²) in [5.41, 5.74) is 5.67. The molecule has 0 aromatic carbocycles. The van der Waals surface area contributed by atoms with E-state index in [-0.39, 0.29) is 29.8 Å². The lowest BCUT2D eigenvalue weighted by Gasteiger charge is -2.32. The monoisotopic (exact) mass is 260 g/mol. The SMILES string of the molecule is CC(CN)(NC(=O)C1CCCCC1)C1CC1.Cl. The maximum Gasteiger partial charge on any atom is 0.223 e. The van der Waals surface area contributed by atoms with Crippen LogP contribution >= 0.6 is 12.4 Å². The second kappa shape index (κ2) is 6.05. The van der Waals surface area contributed by atoms with Gasteiger partial charge in [-0.3, -0.25) is 4.79 Å². The number of nitrogens with two attached hydrogens (primary N) is 1. The zero-order valence-electron chi connectivity index (χ0n) is 10.7. The van der Waals surface area contributed by atoms with E-state index in [0.29, 0.717) is 12.5 Å². The first-order valence-electron chi connectivity index (χ1n) is 6.68. The predicted molar refractivity (Wildman–Crippen MR) is 72.1 cm³/mol. The summed E-state index contributed by atoms with van der Waals surface area (Å²) in [5.74, 6) is 1.11. The van der Waals surface area contributed by atoms with Crippen molar-refractivity contribution in [3.8, 4) is 0 Å². The Morgan fingerprint density at radius 3 is 2.29 bits per heavy atom. The molecule has 1 atom stereocenters. The van der Waals surface area contributed by atoms with Gasteiger partial charge in [0.25, 0.3) is 0 Å². The van der Waals surface area contributed by atoms with Crippen LogP contribution in [0.2, 0.25) is 0 Å². The number of rotatable bonds is 4. The van der Waals surface area contributed by atoms with Gasteiger partial charge in [-0.05, 0) is 38.5 Å². The van der Waals surface area contributed by atoms with E-state index in [1.165, 1.54) is 32.1 Å². The molecule has 0 spiro atoms. The molecule has 1 unspecified atom stereocenters. The number of hydrogen-bond donors (Lipinski definition) is 2. The van der Waals surface area contributed by atoms with Crippen LogP contribution in [-0.4, -0.2) is 18.0 Å². The van der Waals surface area contributed by atoms with Gasteiger partial charge in [0, 0.05) is 12.5 Å². The van der Waals surface area contributed by atoms with Gasteiger partial charge in [-0.2, -0.15) is 0 Å². The molecule has 100 valence electrons. The molecule has 3 N–H and O–H groups in total. The Hall–Kier alpha value is -0.280. The minimum Gasteiger partial charge on any atom is -0.349 e. The van der Waals surface area contributed by atoms with Gasteiger partial charge < -0.3 is 11.1 Å². The smallest absolute Gasteiger partial charge is 0.223 e. The molecule has 3 nitrogen and oxygen atoms in total. The Morgan fingerprint density at radius 2 is 1.82 bits per heavy atom. The Balaban J connectivity index is 0.00000144. The summed E-state index contributed by atoms with van der Waals surface area (Å²) in [4.78, 5) is 12.1. The third-order valence-electron chi connectivity index (χ3n) is 4.29. The van der Waals surface area contributed by atoms with Crippen molar-refractivity contribution in [2.45, 2.75) is 57.4 Å². The van der Waals surface area contributed by atoms with Crippen LogP contribution in [-0.2, 0) is 4.79 Å². The molecule has 2 fully saturated rings. The van der Waals surface area contributed by atoms with Crippen molar-refractivity contribution >= 4 is 18.3 Å². The van der Waals surface area contributed by atoms with Crippen LogP contribution in [0.5, 0.6) is 0 Å². The van der Waals surface area contributed by atoms with E-state index >= 15 is 0 Å². The van der Waals surface area contributed by atoms with Gasteiger partial charge in [0.1, 0.15) is 0 Å². The number of carbonyl (C=O) groups is 1. The van der Waals surface area contributed by atoms with Crippen LogP contribution in [0.4, 0.5) is 0 Å². The molecule has 1 amide bonds. The van der Waals surface area contributed by atoms with Gasteiger partial charge in [-0.1, -0.05) is 19.3 Å². The van der Waals surface area contributed by atoms with Crippen molar-refractivity contribution < 1.29 is 4.79 Å². The highest BCUT2D eigenvalue weighted by atomic mass is 35.5. The van der Waals surface area contributed by atoms with Crippen LogP contribution in [0.3, 0.4) is 0 Å². The van der Waals surface area contributed by atoms with E-state index in [4.69, 9.17) is 5.73 Å². The average molecular weight is 261 g/mol. The van der Waals surface area contributed by atoms with Crippen molar-refractivity contribution in [2.24, 2.45) is 17.6 Å². The van der Waals surface area contributed by atoms with Crippen molar-refractivity contribution in [3.63, 3.8) is 0 Å². The van der Waals surface area contributed by atoms with E-state index in [2.05, 4.69) is 12.2 Å². The van der Waals surface area contributed by atoms with Crippen molar-refractivity contribution in [2.75, 3.05) is 6.54 Å². The first-order valence-corrected chi connectivity index (χ1v) is 6.68. The minimum absolute atomic E-state index is 0. The summed E-state index contributed by atoms with van der Waals surface area (Å²) in [5, 5.41) is 3.21. The Morgan fingerprint density at radius 1 is 1.24 bits per heavy atom. The quantitative estimate of drug-likeness (QED) is 0.815. The second-order valence-corrected chi connectivity index (χ2v) is 5.72. The van der Waals surface area contributed by atoms with E-state index in [0.717, 1.165) is 12.8 Å². The third-order valence-corrected chi connectivity index (χ3v) is 4.29. The van der Waals surface area contributed by atoms with E-state index in [9.17, 15) is 4.79 Å². The fraction of sp³-hybridized carbons (Fsp3) is 0.923. The van der Waals surface area contributed by atoms with Crippen LogP contribution in [0.1, 0.15) is 51.9 Å². The summed E-state index contributed by atoms with van der Waals surface area (Å²) in [6.07, 6.45) is 8.29. The molecule has 2 rings (SSSR count). The van der Waals surface area contributed by atoms with E-state index in [1.54, 1.807) is 0 Å². The standard InChI is InChI=1S/C13H24N2O.ClH/c1-13(9-14,11-7-8-11)15-12(16)10-5-3-2-4-6-10;/h10-11H,2-9,14H2,1H3,(H,15,16);1H. The number of hydrogen-bond acceptors (Lipinski definition) is 2. The number of carbonyl (C=O) groups excluding carboxylic acids is 1. The third kappa shape index (κ3) is 3.59. The molecule has 0 heterocycles. The maximum atomic E-state index is 12.1. The first-order chi connectivity index (χ1) is 7.65. The van der Waals surface area contributed by atoms with Gasteiger partial charge in [-0.25, -0.2) is 0 Å². The van der Waals surface area contributed by atoms with E-state index < -0.39 is 0 Å². The van der Waals surface area contributed by atoms with Crippen molar-refractivity contribution in [1.82, 2.24) is 5.32 Å². The number of amides is 1. The van der Waals surface area contributed by atoms with Gasteiger partial charge in [-0.15, -0.1) is 12.4 Å². The van der Waals surface area contributed by atoms with E-state index in [1.807, 2.05) is 0 Å². The van der Waals surface area contributed by atoms with Gasteiger partial charge >= 0.3 is 0 Å². The van der Waals surface area contributed by atoms with Crippen molar-refractivity contribution in [1.29, 1.82) is 0 Å². The summed E-state index contributed by atoms with van der Waals surface area (Å²) in [6, 6.07) is 0. The number of halogens is 1. The molecule has 0 aliphatic heterocycles. The molecule has 4 heteroatoms. The van der Waals surface area contributed by atoms with Gasteiger partial charge in [0.2, 0.25) is 5.91 Å². The highest BCUT2D eigenvalue weighted by molar-refractivity contribution is 5.85. The lowest BCUT2D eigenvalue weighted by atomic mass is 9.87. The fourth-order valence-electron chi connectivity index (χ4n) is 2.79. The Labute approximate surface area is 110 Å². The lowest BCUT2D eigenvalue weighted by molar-refractivity contribution is -0.127. The average Bonchev–Trinajstić information content (AvgIpc) is 3.14. The molecule has 0 aromatic heterocycles. The molecule has 2 aliphatic rings. The highest BCUT2D eigenvalue weighted by Crippen LogP contribution is 2.39. The topological polar surface area (TPSA) is 55.1 Å². The summed E-state index contributed by atoms with van der Waals surface area (Å²) >= 11 is 0. The molecular weight excluding hydrogens is 236 g/mol. The molecule has 2 aliphatic carbocycles. The zero-order chi connectivity index (χ0) is 11.6.